The number of likely N-dealkylation sites (tertiary alicyclic amines) is 1. The van der Waals surface area contributed by atoms with Crippen molar-refractivity contribution in [3.8, 4) is 0 Å². The molecule has 28 heavy (non-hydrogen) atoms. The van der Waals surface area contributed by atoms with Gasteiger partial charge in [0.2, 0.25) is 0 Å². The first-order valence-corrected chi connectivity index (χ1v) is 9.78. The van der Waals surface area contributed by atoms with Crippen molar-refractivity contribution < 1.29 is 4.39 Å². The van der Waals surface area contributed by atoms with Crippen LogP contribution in [0.15, 0.2) is 47.3 Å². The fourth-order valence-electron chi connectivity index (χ4n) is 4.58. The first-order valence-electron chi connectivity index (χ1n) is 9.78. The number of aromatic amines is 1. The summed E-state index contributed by atoms with van der Waals surface area (Å²) in [5.41, 5.74) is 4.81. The molecular formula is C22H23FN4O. The highest BCUT2D eigenvalue weighted by Gasteiger charge is 2.51. The Hall–Kier alpha value is -2.73. The summed E-state index contributed by atoms with van der Waals surface area (Å²) in [7, 11) is 0. The van der Waals surface area contributed by atoms with Gasteiger partial charge in [0.15, 0.2) is 0 Å². The molecule has 1 spiro atoms. The summed E-state index contributed by atoms with van der Waals surface area (Å²) in [5.74, 6) is -0.188. The zero-order valence-corrected chi connectivity index (χ0v) is 15.9. The number of anilines is 1. The molecule has 0 bridgehead atoms. The van der Waals surface area contributed by atoms with Crippen LogP contribution < -0.4 is 10.5 Å². The van der Waals surface area contributed by atoms with Crippen molar-refractivity contribution in [2.75, 3.05) is 31.1 Å². The van der Waals surface area contributed by atoms with E-state index >= 15 is 0 Å². The van der Waals surface area contributed by atoms with Crippen LogP contribution in [0.4, 0.5) is 10.1 Å². The van der Waals surface area contributed by atoms with Crippen molar-refractivity contribution in [3.63, 3.8) is 0 Å². The summed E-state index contributed by atoms with van der Waals surface area (Å²) < 4.78 is 13.1. The average Bonchev–Trinajstić information content (AvgIpc) is 2.63. The number of benzene rings is 2. The number of rotatable bonds is 4. The lowest BCUT2D eigenvalue weighted by molar-refractivity contribution is -0.0273. The quantitative estimate of drug-likeness (QED) is 0.758. The summed E-state index contributed by atoms with van der Waals surface area (Å²) in [6.45, 7) is 7.03. The van der Waals surface area contributed by atoms with Crippen LogP contribution in [0.25, 0.3) is 11.0 Å². The fraction of sp³-hybridized carbons (Fsp3) is 0.364. The highest BCUT2D eigenvalue weighted by atomic mass is 19.1. The minimum Gasteiger partial charge on any atom is -0.370 e. The maximum atomic E-state index is 13.1. The molecule has 2 aromatic carbocycles. The van der Waals surface area contributed by atoms with Gasteiger partial charge in [-0.3, -0.25) is 9.69 Å². The highest BCUT2D eigenvalue weighted by Crippen LogP contribution is 2.42. The monoisotopic (exact) mass is 378 g/mol. The molecule has 5 rings (SSSR count). The van der Waals surface area contributed by atoms with Crippen molar-refractivity contribution >= 4 is 16.7 Å². The van der Waals surface area contributed by atoms with E-state index in [1.165, 1.54) is 17.7 Å². The van der Waals surface area contributed by atoms with Crippen LogP contribution >= 0.6 is 0 Å². The van der Waals surface area contributed by atoms with E-state index < -0.39 is 0 Å². The minimum absolute atomic E-state index is 0.0922. The molecular weight excluding hydrogens is 355 g/mol. The molecule has 0 amide bonds. The van der Waals surface area contributed by atoms with E-state index in [2.05, 4.69) is 25.8 Å². The third-order valence-corrected chi connectivity index (χ3v) is 5.93. The van der Waals surface area contributed by atoms with Crippen molar-refractivity contribution in [2.45, 2.75) is 19.9 Å². The molecule has 3 heterocycles. The van der Waals surface area contributed by atoms with Gasteiger partial charge in [-0.1, -0.05) is 13.0 Å². The van der Waals surface area contributed by atoms with E-state index in [9.17, 15) is 9.18 Å². The lowest BCUT2D eigenvalue weighted by Crippen LogP contribution is -2.71. The summed E-state index contributed by atoms with van der Waals surface area (Å²) in [6, 6.07) is 12.9. The topological polar surface area (TPSA) is 52.2 Å². The molecule has 2 saturated heterocycles. The summed E-state index contributed by atoms with van der Waals surface area (Å²) >= 11 is 0. The van der Waals surface area contributed by atoms with Crippen LogP contribution in [0, 0.1) is 11.2 Å². The predicted octanol–water partition coefficient (Wildman–Crippen LogP) is 2.95. The van der Waals surface area contributed by atoms with E-state index in [0.29, 0.717) is 17.5 Å². The summed E-state index contributed by atoms with van der Waals surface area (Å²) in [4.78, 5) is 24.2. The Morgan fingerprint density at radius 3 is 2.57 bits per heavy atom. The third-order valence-electron chi connectivity index (χ3n) is 5.93. The van der Waals surface area contributed by atoms with Gasteiger partial charge in [-0.05, 0) is 48.4 Å². The zero-order chi connectivity index (χ0) is 19.3. The molecule has 0 atom stereocenters. The largest absolute Gasteiger partial charge is 0.370 e. The Morgan fingerprint density at radius 2 is 1.86 bits per heavy atom. The summed E-state index contributed by atoms with van der Waals surface area (Å²) in [5, 5.41) is 0. The molecule has 0 unspecified atom stereocenters. The number of aryl methyl sites for hydroxylation is 1. The van der Waals surface area contributed by atoms with Crippen LogP contribution in [-0.2, 0) is 13.0 Å². The Balaban J connectivity index is 1.21. The lowest BCUT2D eigenvalue weighted by atomic mass is 9.72. The van der Waals surface area contributed by atoms with Crippen molar-refractivity contribution in [1.82, 2.24) is 14.9 Å². The van der Waals surface area contributed by atoms with Crippen LogP contribution in [-0.4, -0.2) is 41.0 Å². The number of H-pyrrole nitrogens is 1. The van der Waals surface area contributed by atoms with E-state index in [0.717, 1.165) is 49.4 Å². The number of nitrogens with zero attached hydrogens (tertiary/aromatic N) is 3. The minimum atomic E-state index is -0.188. The van der Waals surface area contributed by atoms with Crippen LogP contribution in [0.1, 0.15) is 18.2 Å². The Morgan fingerprint density at radius 1 is 1.11 bits per heavy atom. The Bertz CT molecular complexity index is 1080. The van der Waals surface area contributed by atoms with Crippen LogP contribution in [0.2, 0.25) is 0 Å². The number of fused-ring (bicyclic) bond motifs is 1. The first kappa shape index (κ1) is 17.4. The van der Waals surface area contributed by atoms with Gasteiger partial charge in [0, 0.05) is 43.8 Å². The summed E-state index contributed by atoms with van der Waals surface area (Å²) in [6.07, 6.45) is 0.637. The van der Waals surface area contributed by atoms with Gasteiger partial charge in [0.05, 0.1) is 11.0 Å². The molecule has 2 aliphatic heterocycles. The van der Waals surface area contributed by atoms with Gasteiger partial charge in [-0.15, -0.1) is 0 Å². The van der Waals surface area contributed by atoms with Gasteiger partial charge in [0.1, 0.15) is 11.5 Å². The number of nitrogens with one attached hydrogen (secondary N) is 1. The molecule has 5 nitrogen and oxygen atoms in total. The first-order chi connectivity index (χ1) is 13.5. The van der Waals surface area contributed by atoms with Crippen molar-refractivity contribution in [2.24, 2.45) is 5.41 Å². The second-order valence-corrected chi connectivity index (χ2v) is 8.20. The molecule has 2 aliphatic rings. The standard InChI is InChI=1S/C22H23FN4O/c1-2-18-21(28)25-20-9-15(3-8-19(20)24-18)10-26-11-22(12-26)13-27(14-22)17-6-4-16(23)5-7-17/h3-9H,2,10-14H2,1H3,(H,25,28). The number of hydrogen-bond donors (Lipinski definition) is 1. The van der Waals surface area contributed by atoms with Crippen LogP contribution in [0.3, 0.4) is 0 Å². The van der Waals surface area contributed by atoms with Gasteiger partial charge < -0.3 is 9.88 Å². The normalized spacial score (nSPS) is 18.3. The second-order valence-electron chi connectivity index (χ2n) is 8.20. The van der Waals surface area contributed by atoms with E-state index in [4.69, 9.17) is 0 Å². The smallest absolute Gasteiger partial charge is 0.270 e. The number of aromatic nitrogens is 2. The zero-order valence-electron chi connectivity index (χ0n) is 15.9. The molecule has 1 N–H and O–H groups in total. The lowest BCUT2D eigenvalue weighted by Gasteiger charge is -2.61. The Labute approximate surface area is 162 Å². The third kappa shape index (κ3) is 2.98. The second kappa shape index (κ2) is 6.41. The van der Waals surface area contributed by atoms with Crippen LogP contribution in [0.5, 0.6) is 0 Å². The molecule has 1 aromatic heterocycles. The molecule has 0 aliphatic carbocycles. The molecule has 6 heteroatoms. The highest BCUT2D eigenvalue weighted by molar-refractivity contribution is 5.74. The van der Waals surface area contributed by atoms with Gasteiger partial charge in [0.25, 0.3) is 5.56 Å². The SMILES string of the molecule is CCc1nc2ccc(CN3CC4(C3)CN(c3ccc(F)cc3)C4)cc2[nH]c1=O. The maximum Gasteiger partial charge on any atom is 0.270 e. The molecule has 3 aromatic rings. The number of halogens is 1. The maximum absolute atomic E-state index is 13.1. The van der Waals surface area contributed by atoms with Crippen molar-refractivity contribution in [1.29, 1.82) is 0 Å². The fourth-order valence-corrected chi connectivity index (χ4v) is 4.58. The Kier molecular flexibility index (Phi) is 3.98. The van der Waals surface area contributed by atoms with Gasteiger partial charge in [-0.25, -0.2) is 9.37 Å². The molecule has 2 fully saturated rings. The molecule has 144 valence electrons. The van der Waals surface area contributed by atoms with E-state index in [-0.39, 0.29) is 11.4 Å². The molecule has 0 radical (unpaired) electrons. The van der Waals surface area contributed by atoms with E-state index in [1.54, 1.807) is 0 Å². The van der Waals surface area contributed by atoms with Gasteiger partial charge >= 0.3 is 0 Å². The van der Waals surface area contributed by atoms with E-state index in [1.807, 2.05) is 31.2 Å². The average molecular weight is 378 g/mol. The number of hydrogen-bond acceptors (Lipinski definition) is 4. The van der Waals surface area contributed by atoms with Crippen molar-refractivity contribution in [3.05, 3.63) is 69.9 Å². The predicted molar refractivity (Wildman–Crippen MR) is 108 cm³/mol. The molecule has 0 saturated carbocycles. The van der Waals surface area contributed by atoms with Gasteiger partial charge in [-0.2, -0.15) is 0 Å².